The summed E-state index contributed by atoms with van der Waals surface area (Å²) >= 11 is 0. The summed E-state index contributed by atoms with van der Waals surface area (Å²) in [5.74, 6) is -0.956. The molecule has 114 valence electrons. The van der Waals surface area contributed by atoms with Crippen LogP contribution in [0.4, 0.5) is 4.39 Å². The molecule has 4 nitrogen and oxygen atoms in total. The number of hydrogen-bond acceptors (Lipinski definition) is 3. The van der Waals surface area contributed by atoms with Crippen molar-refractivity contribution in [2.45, 2.75) is 13.0 Å². The molecule has 1 atom stereocenters. The fraction of sp³-hybridized carbons (Fsp3) is 0.111. The molecule has 1 aliphatic heterocycles. The maximum Gasteiger partial charge on any atom is 0.288 e. The summed E-state index contributed by atoms with van der Waals surface area (Å²) < 4.78 is 19.0. The molecule has 1 aliphatic rings. The Bertz CT molecular complexity index is 1010. The Labute approximate surface area is 130 Å². The zero-order valence-electron chi connectivity index (χ0n) is 12.2. The zero-order valence-corrected chi connectivity index (χ0v) is 12.2. The molecule has 1 amide bonds. The average Bonchev–Trinajstić information content (AvgIpc) is 2.86. The second-order valence-electron chi connectivity index (χ2n) is 5.63. The van der Waals surface area contributed by atoms with Gasteiger partial charge >= 0.3 is 0 Å². The van der Waals surface area contributed by atoms with Crippen molar-refractivity contribution in [2.75, 3.05) is 0 Å². The second kappa shape index (κ2) is 4.78. The molecule has 4 rings (SSSR count). The zero-order chi connectivity index (χ0) is 16.1. The molecule has 5 heteroatoms. The van der Waals surface area contributed by atoms with Crippen molar-refractivity contribution >= 4 is 16.9 Å². The van der Waals surface area contributed by atoms with Crippen molar-refractivity contribution < 1.29 is 13.6 Å². The Morgan fingerprint density at radius 1 is 1.09 bits per heavy atom. The summed E-state index contributed by atoms with van der Waals surface area (Å²) in [5.41, 5.74) is 1.91. The van der Waals surface area contributed by atoms with Crippen molar-refractivity contribution in [1.29, 1.82) is 0 Å². The minimum atomic E-state index is -0.581. The summed E-state index contributed by atoms with van der Waals surface area (Å²) in [6.07, 6.45) is 0. The number of aryl methyl sites for hydroxylation is 1. The highest BCUT2D eigenvalue weighted by Crippen LogP contribution is 2.31. The van der Waals surface area contributed by atoms with Gasteiger partial charge < -0.3 is 9.73 Å². The molecule has 1 N–H and O–H groups in total. The normalized spacial score (nSPS) is 16.4. The van der Waals surface area contributed by atoms with Crippen LogP contribution < -0.4 is 10.7 Å². The fourth-order valence-corrected chi connectivity index (χ4v) is 2.89. The highest BCUT2D eigenvalue weighted by atomic mass is 19.1. The number of hydrogen-bond donors (Lipinski definition) is 1. The Morgan fingerprint density at radius 3 is 2.57 bits per heavy atom. The van der Waals surface area contributed by atoms with E-state index >= 15 is 0 Å². The van der Waals surface area contributed by atoms with E-state index in [1.165, 1.54) is 12.1 Å². The van der Waals surface area contributed by atoms with Gasteiger partial charge in [0.1, 0.15) is 11.4 Å². The summed E-state index contributed by atoms with van der Waals surface area (Å²) in [6, 6.07) is 10.6. The molecule has 1 aromatic heterocycles. The van der Waals surface area contributed by atoms with Crippen molar-refractivity contribution in [3.05, 3.63) is 81.0 Å². The number of amides is 1. The van der Waals surface area contributed by atoms with Crippen LogP contribution in [0, 0.1) is 12.7 Å². The van der Waals surface area contributed by atoms with Gasteiger partial charge in [0.25, 0.3) is 5.91 Å². The highest BCUT2D eigenvalue weighted by Gasteiger charge is 2.35. The summed E-state index contributed by atoms with van der Waals surface area (Å²) in [7, 11) is 0. The standard InChI is InChI=1S/C18H12FNO3/c1-9-2-4-10(5-3-9)15-14-16(21)12-8-11(19)6-7-13(12)23-17(14)18(22)20-15/h2-8,15H,1H3,(H,20,22). The molecule has 0 aliphatic carbocycles. The minimum absolute atomic E-state index is 0.000293. The van der Waals surface area contributed by atoms with Crippen LogP contribution in [0.1, 0.15) is 33.3 Å². The minimum Gasteiger partial charge on any atom is -0.450 e. The van der Waals surface area contributed by atoms with E-state index in [2.05, 4.69) is 5.32 Å². The topological polar surface area (TPSA) is 59.3 Å². The van der Waals surface area contributed by atoms with E-state index in [0.29, 0.717) is 0 Å². The van der Waals surface area contributed by atoms with Crippen molar-refractivity contribution in [3.8, 4) is 0 Å². The van der Waals surface area contributed by atoms with E-state index in [-0.39, 0.29) is 27.7 Å². The van der Waals surface area contributed by atoms with E-state index < -0.39 is 17.8 Å². The molecule has 0 bridgehead atoms. The van der Waals surface area contributed by atoms with Crippen LogP contribution >= 0.6 is 0 Å². The first-order chi connectivity index (χ1) is 11.0. The molecular weight excluding hydrogens is 297 g/mol. The lowest BCUT2D eigenvalue weighted by Gasteiger charge is -2.11. The maximum absolute atomic E-state index is 13.4. The third-order valence-corrected chi connectivity index (χ3v) is 4.07. The molecule has 0 radical (unpaired) electrons. The van der Waals surface area contributed by atoms with Crippen molar-refractivity contribution in [2.24, 2.45) is 0 Å². The molecular formula is C18H12FNO3. The van der Waals surface area contributed by atoms with Gasteiger partial charge in [0, 0.05) is 0 Å². The fourth-order valence-electron chi connectivity index (χ4n) is 2.89. The first kappa shape index (κ1) is 13.7. The highest BCUT2D eigenvalue weighted by molar-refractivity contribution is 5.98. The van der Waals surface area contributed by atoms with Crippen molar-refractivity contribution in [1.82, 2.24) is 5.32 Å². The van der Waals surface area contributed by atoms with Crippen LogP contribution in [0.3, 0.4) is 0 Å². The van der Waals surface area contributed by atoms with E-state index in [1.807, 2.05) is 31.2 Å². The van der Waals surface area contributed by atoms with Gasteiger partial charge in [-0.3, -0.25) is 9.59 Å². The number of carbonyl (C=O) groups excluding carboxylic acids is 1. The molecule has 2 aromatic carbocycles. The molecule has 23 heavy (non-hydrogen) atoms. The van der Waals surface area contributed by atoms with Crippen LogP contribution in [0.15, 0.2) is 51.7 Å². The molecule has 1 unspecified atom stereocenters. The molecule has 0 spiro atoms. The van der Waals surface area contributed by atoms with Crippen LogP contribution in [0.2, 0.25) is 0 Å². The van der Waals surface area contributed by atoms with Gasteiger partial charge in [-0.15, -0.1) is 0 Å². The monoisotopic (exact) mass is 309 g/mol. The lowest BCUT2D eigenvalue weighted by atomic mass is 9.98. The van der Waals surface area contributed by atoms with E-state index in [9.17, 15) is 14.0 Å². The van der Waals surface area contributed by atoms with E-state index in [4.69, 9.17) is 4.42 Å². The average molecular weight is 309 g/mol. The molecule has 2 heterocycles. The predicted octanol–water partition coefficient (Wildman–Crippen LogP) is 3.07. The number of fused-ring (bicyclic) bond motifs is 2. The lowest BCUT2D eigenvalue weighted by Crippen LogP contribution is -2.21. The van der Waals surface area contributed by atoms with Gasteiger partial charge in [-0.2, -0.15) is 0 Å². The van der Waals surface area contributed by atoms with Crippen LogP contribution in [-0.2, 0) is 0 Å². The quantitative estimate of drug-likeness (QED) is 0.751. The third kappa shape index (κ3) is 2.04. The van der Waals surface area contributed by atoms with Gasteiger partial charge in [0.2, 0.25) is 5.76 Å². The van der Waals surface area contributed by atoms with Gasteiger partial charge in [-0.25, -0.2) is 4.39 Å². The number of halogens is 1. The second-order valence-corrected chi connectivity index (χ2v) is 5.63. The Kier molecular flexibility index (Phi) is 2.84. The molecule has 0 saturated carbocycles. The molecule has 0 fully saturated rings. The number of rotatable bonds is 1. The van der Waals surface area contributed by atoms with Gasteiger partial charge in [0.15, 0.2) is 5.43 Å². The number of carbonyl (C=O) groups is 1. The first-order valence-electron chi connectivity index (χ1n) is 7.18. The summed E-state index contributed by atoms with van der Waals surface area (Å²) in [5, 5.41) is 2.90. The van der Waals surface area contributed by atoms with Crippen LogP contribution in [0.25, 0.3) is 11.0 Å². The maximum atomic E-state index is 13.4. The number of nitrogens with one attached hydrogen (secondary N) is 1. The van der Waals surface area contributed by atoms with E-state index in [1.54, 1.807) is 0 Å². The van der Waals surface area contributed by atoms with Crippen LogP contribution in [-0.4, -0.2) is 5.91 Å². The SMILES string of the molecule is Cc1ccc(C2NC(=O)c3oc4ccc(F)cc4c(=O)c32)cc1. The first-order valence-corrected chi connectivity index (χ1v) is 7.18. The van der Waals surface area contributed by atoms with Gasteiger partial charge in [-0.05, 0) is 30.7 Å². The molecule has 3 aromatic rings. The lowest BCUT2D eigenvalue weighted by molar-refractivity contribution is 0.0938. The molecule has 0 saturated heterocycles. The summed E-state index contributed by atoms with van der Waals surface area (Å²) in [6.45, 7) is 1.95. The largest absolute Gasteiger partial charge is 0.450 e. The van der Waals surface area contributed by atoms with Crippen molar-refractivity contribution in [3.63, 3.8) is 0 Å². The Hall–Kier alpha value is -2.95. The Balaban J connectivity index is 1.99. The summed E-state index contributed by atoms with van der Waals surface area (Å²) in [4.78, 5) is 24.9. The van der Waals surface area contributed by atoms with E-state index in [0.717, 1.165) is 17.2 Å². The third-order valence-electron chi connectivity index (χ3n) is 4.07. The van der Waals surface area contributed by atoms with Gasteiger partial charge in [0.05, 0.1) is 17.0 Å². The number of benzene rings is 2. The smallest absolute Gasteiger partial charge is 0.288 e. The predicted molar refractivity (Wildman–Crippen MR) is 82.9 cm³/mol. The van der Waals surface area contributed by atoms with Crippen LogP contribution in [0.5, 0.6) is 0 Å². The van der Waals surface area contributed by atoms with Gasteiger partial charge in [-0.1, -0.05) is 29.8 Å². The Morgan fingerprint density at radius 2 is 1.83 bits per heavy atom.